The maximum atomic E-state index is 2.47. The van der Waals surface area contributed by atoms with Crippen molar-refractivity contribution in [3.05, 3.63) is 53.6 Å². The molecule has 1 aliphatic rings. The molecule has 0 saturated heterocycles. The lowest BCUT2D eigenvalue weighted by atomic mass is 9.86. The third-order valence-corrected chi connectivity index (χ3v) is 5.20. The van der Waals surface area contributed by atoms with Crippen molar-refractivity contribution in [2.24, 2.45) is 0 Å². The van der Waals surface area contributed by atoms with Crippen molar-refractivity contribution in [2.75, 3.05) is 0 Å². The van der Waals surface area contributed by atoms with Crippen LogP contribution in [0.5, 0.6) is 0 Å². The predicted octanol–water partition coefficient (Wildman–Crippen LogP) is 7.31. The van der Waals surface area contributed by atoms with Crippen LogP contribution in [-0.2, 0) is 6.42 Å². The van der Waals surface area contributed by atoms with Crippen LogP contribution in [0.25, 0.3) is 16.3 Å². The Bertz CT molecular complexity index is 658. The van der Waals surface area contributed by atoms with E-state index in [9.17, 15) is 0 Å². The average Bonchev–Trinajstić information content (AvgIpc) is 2.59. The Kier molecular flexibility index (Phi) is 5.91. The van der Waals surface area contributed by atoms with Gasteiger partial charge in [-0.2, -0.15) is 0 Å². The van der Waals surface area contributed by atoms with Gasteiger partial charge in [0.05, 0.1) is 0 Å². The molecular weight excluding hydrogens is 276 g/mol. The van der Waals surface area contributed by atoms with Crippen molar-refractivity contribution in [2.45, 2.75) is 71.1 Å². The molecule has 0 fully saturated rings. The number of unbranched alkanes of at least 4 members (excludes halogenated alkanes) is 7. The zero-order valence-corrected chi connectivity index (χ0v) is 14.6. The Hall–Kier alpha value is -1.56. The van der Waals surface area contributed by atoms with Crippen molar-refractivity contribution >= 4 is 16.3 Å². The van der Waals surface area contributed by atoms with Crippen molar-refractivity contribution in [3.8, 4) is 0 Å². The summed E-state index contributed by atoms with van der Waals surface area (Å²) in [4.78, 5) is 0. The van der Waals surface area contributed by atoms with Gasteiger partial charge in [0, 0.05) is 0 Å². The first-order valence-electron chi connectivity index (χ1n) is 9.60. The van der Waals surface area contributed by atoms with Crippen molar-refractivity contribution < 1.29 is 0 Å². The molecule has 0 unspecified atom stereocenters. The molecule has 0 heteroatoms. The van der Waals surface area contributed by atoms with Gasteiger partial charge in [-0.05, 0) is 46.7 Å². The summed E-state index contributed by atoms with van der Waals surface area (Å²) in [6.45, 7) is 2.29. The molecule has 3 rings (SSSR count). The highest BCUT2D eigenvalue weighted by Crippen LogP contribution is 2.35. The van der Waals surface area contributed by atoms with Gasteiger partial charge < -0.3 is 0 Å². The van der Waals surface area contributed by atoms with Crippen LogP contribution in [-0.4, -0.2) is 0 Å². The molecule has 0 saturated carbocycles. The van der Waals surface area contributed by atoms with Crippen LogP contribution in [0.2, 0.25) is 0 Å². The highest BCUT2D eigenvalue weighted by atomic mass is 14.2. The van der Waals surface area contributed by atoms with Gasteiger partial charge in [-0.25, -0.2) is 0 Å². The van der Waals surface area contributed by atoms with E-state index < -0.39 is 0 Å². The maximum Gasteiger partial charge on any atom is -0.00735 e. The Morgan fingerprint density at radius 3 is 2.26 bits per heavy atom. The van der Waals surface area contributed by atoms with E-state index in [1.165, 1.54) is 79.7 Å². The van der Waals surface area contributed by atoms with E-state index in [1.54, 1.807) is 5.57 Å². The summed E-state index contributed by atoms with van der Waals surface area (Å²) < 4.78 is 0. The summed E-state index contributed by atoms with van der Waals surface area (Å²) in [6.07, 6.45) is 16.0. The lowest BCUT2D eigenvalue weighted by molar-refractivity contribution is 0.579. The molecule has 0 bridgehead atoms. The fourth-order valence-electron chi connectivity index (χ4n) is 3.89. The number of benzene rings is 2. The third-order valence-electron chi connectivity index (χ3n) is 5.20. The fourth-order valence-corrected chi connectivity index (χ4v) is 3.89. The average molecular weight is 306 g/mol. The molecule has 23 heavy (non-hydrogen) atoms. The van der Waals surface area contributed by atoms with Crippen LogP contribution in [0.1, 0.15) is 75.8 Å². The van der Waals surface area contributed by atoms with E-state index in [4.69, 9.17) is 0 Å². The van der Waals surface area contributed by atoms with Crippen LogP contribution < -0.4 is 0 Å². The lowest BCUT2D eigenvalue weighted by Gasteiger charge is -2.18. The molecule has 2 aromatic rings. The van der Waals surface area contributed by atoms with Gasteiger partial charge in [-0.15, -0.1) is 0 Å². The highest BCUT2D eigenvalue weighted by Gasteiger charge is 2.13. The van der Waals surface area contributed by atoms with E-state index >= 15 is 0 Å². The molecular formula is C23H30. The summed E-state index contributed by atoms with van der Waals surface area (Å²) in [6, 6.07) is 13.5. The Labute approximate surface area is 141 Å². The minimum atomic E-state index is 1.11. The zero-order valence-electron chi connectivity index (χ0n) is 14.6. The Balaban J connectivity index is 1.52. The molecule has 0 spiro atoms. The van der Waals surface area contributed by atoms with Gasteiger partial charge in [-0.1, -0.05) is 94.3 Å². The second-order valence-corrected chi connectivity index (χ2v) is 6.98. The largest absolute Gasteiger partial charge is 0.0763 e. The molecule has 0 N–H and O–H groups in total. The number of rotatable bonds is 9. The molecule has 2 aromatic carbocycles. The lowest BCUT2D eigenvalue weighted by Crippen LogP contribution is -1.98. The normalized spacial score (nSPS) is 13.3. The van der Waals surface area contributed by atoms with Crippen LogP contribution in [0.3, 0.4) is 0 Å². The number of hydrogen-bond donors (Lipinski definition) is 0. The van der Waals surface area contributed by atoms with E-state index in [0.717, 1.165) is 6.42 Å². The monoisotopic (exact) mass is 306 g/mol. The molecule has 0 heterocycles. The van der Waals surface area contributed by atoms with Crippen LogP contribution in [0, 0.1) is 0 Å². The minimum absolute atomic E-state index is 1.11. The molecule has 0 radical (unpaired) electrons. The second kappa shape index (κ2) is 8.34. The van der Waals surface area contributed by atoms with Gasteiger partial charge in [0.15, 0.2) is 0 Å². The first-order valence-corrected chi connectivity index (χ1v) is 9.60. The van der Waals surface area contributed by atoms with Gasteiger partial charge in [0.2, 0.25) is 0 Å². The van der Waals surface area contributed by atoms with Crippen molar-refractivity contribution in [3.63, 3.8) is 0 Å². The highest BCUT2D eigenvalue weighted by molar-refractivity contribution is 5.98. The summed E-state index contributed by atoms with van der Waals surface area (Å²) in [5.41, 5.74) is 4.57. The standard InChI is InChI=1S/C23H30/c1-2-3-4-5-6-7-8-9-12-19-17-18-21-14-10-13-20-15-11-16-22(19)23(20)21/h10-11,13-17H,2-9,12,18H2,1H3. The summed E-state index contributed by atoms with van der Waals surface area (Å²) in [5, 5.41) is 2.91. The number of hydrogen-bond acceptors (Lipinski definition) is 0. The molecule has 0 amide bonds. The maximum absolute atomic E-state index is 2.47. The molecule has 0 aromatic heterocycles. The molecule has 0 atom stereocenters. The zero-order chi connectivity index (χ0) is 15.9. The summed E-state index contributed by atoms with van der Waals surface area (Å²) in [5.74, 6) is 0. The topological polar surface area (TPSA) is 0 Å². The third kappa shape index (κ3) is 4.05. The van der Waals surface area contributed by atoms with Gasteiger partial charge in [0.25, 0.3) is 0 Å². The van der Waals surface area contributed by atoms with E-state index in [0.29, 0.717) is 0 Å². The number of allylic oxidation sites excluding steroid dienone is 2. The van der Waals surface area contributed by atoms with E-state index in [-0.39, 0.29) is 0 Å². The quantitative estimate of drug-likeness (QED) is 0.426. The molecule has 122 valence electrons. The van der Waals surface area contributed by atoms with Crippen LogP contribution >= 0.6 is 0 Å². The SMILES string of the molecule is CCCCCCCCCCC1=CCc2cccc3cccc1c23. The fraction of sp³-hybridized carbons (Fsp3) is 0.478. The first-order chi connectivity index (χ1) is 11.4. The molecule has 1 aliphatic carbocycles. The Morgan fingerprint density at radius 1 is 0.783 bits per heavy atom. The van der Waals surface area contributed by atoms with Crippen LogP contribution in [0.4, 0.5) is 0 Å². The molecule has 0 nitrogen and oxygen atoms in total. The van der Waals surface area contributed by atoms with Crippen molar-refractivity contribution in [1.82, 2.24) is 0 Å². The first kappa shape index (κ1) is 16.3. The van der Waals surface area contributed by atoms with Crippen molar-refractivity contribution in [1.29, 1.82) is 0 Å². The van der Waals surface area contributed by atoms with Gasteiger partial charge in [0.1, 0.15) is 0 Å². The van der Waals surface area contributed by atoms with Gasteiger partial charge >= 0.3 is 0 Å². The van der Waals surface area contributed by atoms with E-state index in [2.05, 4.69) is 49.4 Å². The van der Waals surface area contributed by atoms with E-state index in [1.807, 2.05) is 0 Å². The minimum Gasteiger partial charge on any atom is -0.0763 e. The van der Waals surface area contributed by atoms with Crippen LogP contribution in [0.15, 0.2) is 42.5 Å². The second-order valence-electron chi connectivity index (χ2n) is 6.98. The Morgan fingerprint density at radius 2 is 1.48 bits per heavy atom. The summed E-state index contributed by atoms with van der Waals surface area (Å²) in [7, 11) is 0. The summed E-state index contributed by atoms with van der Waals surface area (Å²) >= 11 is 0. The molecule has 0 aliphatic heterocycles. The van der Waals surface area contributed by atoms with Gasteiger partial charge in [-0.3, -0.25) is 0 Å². The smallest absolute Gasteiger partial charge is 0.00735 e. The predicted molar refractivity (Wildman–Crippen MR) is 103 cm³/mol.